The number of ether oxygens (including phenoxy) is 1. The van der Waals surface area contributed by atoms with Crippen LogP contribution in [0.25, 0.3) is 0 Å². The summed E-state index contributed by atoms with van der Waals surface area (Å²) in [5.41, 5.74) is 8.34. The molecule has 2 aromatic carbocycles. The quantitative estimate of drug-likeness (QED) is 0.606. The first-order valence-electron chi connectivity index (χ1n) is 7.64. The van der Waals surface area contributed by atoms with Crippen LogP contribution in [0.15, 0.2) is 48.5 Å². The number of rotatable bonds is 6. The van der Waals surface area contributed by atoms with Gasteiger partial charge in [0.2, 0.25) is 0 Å². The van der Waals surface area contributed by atoms with Crippen molar-refractivity contribution < 1.29 is 19.7 Å². The zero-order valence-corrected chi connectivity index (χ0v) is 13.5. The third-order valence-corrected chi connectivity index (χ3v) is 3.69. The van der Waals surface area contributed by atoms with Gasteiger partial charge in [0.15, 0.2) is 0 Å². The van der Waals surface area contributed by atoms with Gasteiger partial charge in [-0.05, 0) is 24.1 Å². The fraction of sp³-hybridized carbons (Fsp3) is 0.278. The minimum atomic E-state index is -1.20. The number of aryl methyl sites for hydroxylation is 1. The molecule has 0 aromatic heterocycles. The average Bonchev–Trinajstić information content (AvgIpc) is 2.58. The fourth-order valence-electron chi connectivity index (χ4n) is 2.37. The Morgan fingerprint density at radius 3 is 2.54 bits per heavy atom. The molecule has 0 fully saturated rings. The summed E-state index contributed by atoms with van der Waals surface area (Å²) in [6.45, 7) is 1.78. The zero-order valence-electron chi connectivity index (χ0n) is 13.5. The van der Waals surface area contributed by atoms with Crippen LogP contribution < -0.4 is 11.1 Å². The zero-order chi connectivity index (χ0) is 17.5. The van der Waals surface area contributed by atoms with Crippen molar-refractivity contribution in [2.75, 3.05) is 12.3 Å². The van der Waals surface area contributed by atoms with E-state index in [0.29, 0.717) is 11.3 Å². The number of hydrogen-bond donors (Lipinski definition) is 4. The molecule has 0 aliphatic rings. The molecule has 0 saturated carbocycles. The van der Waals surface area contributed by atoms with E-state index in [9.17, 15) is 15.0 Å². The standard InChI is InChI=1S/C18H22N2O4/c1-12-6-5-9-14(19)16(12)17(22)15(21)10-20-18(23)24-11-13-7-3-2-4-8-13/h2-9,15,17,21-22H,10-11,19H2,1H3,(H,20,23). The summed E-state index contributed by atoms with van der Waals surface area (Å²) >= 11 is 0. The predicted octanol–water partition coefficient (Wildman–Crippen LogP) is 1.90. The summed E-state index contributed by atoms with van der Waals surface area (Å²) in [7, 11) is 0. The number of carbonyl (C=O) groups excluding carboxylic acids is 1. The number of nitrogen functional groups attached to an aromatic ring is 1. The number of amides is 1. The summed E-state index contributed by atoms with van der Waals surface area (Å²) in [5.74, 6) is 0. The van der Waals surface area contributed by atoms with Crippen LogP contribution in [0.5, 0.6) is 0 Å². The second-order valence-corrected chi connectivity index (χ2v) is 5.53. The van der Waals surface area contributed by atoms with E-state index >= 15 is 0 Å². The minimum Gasteiger partial charge on any atom is -0.445 e. The van der Waals surface area contributed by atoms with Crippen molar-refractivity contribution in [2.24, 2.45) is 0 Å². The van der Waals surface area contributed by atoms with Gasteiger partial charge >= 0.3 is 6.09 Å². The van der Waals surface area contributed by atoms with E-state index in [2.05, 4.69) is 5.32 Å². The van der Waals surface area contributed by atoms with E-state index in [0.717, 1.165) is 11.1 Å². The van der Waals surface area contributed by atoms with Crippen molar-refractivity contribution in [1.82, 2.24) is 5.32 Å². The summed E-state index contributed by atoms with van der Waals surface area (Å²) < 4.78 is 5.04. The Morgan fingerprint density at radius 2 is 1.88 bits per heavy atom. The largest absolute Gasteiger partial charge is 0.445 e. The van der Waals surface area contributed by atoms with Crippen LogP contribution in [0.2, 0.25) is 0 Å². The van der Waals surface area contributed by atoms with Crippen LogP contribution in [0.3, 0.4) is 0 Å². The predicted molar refractivity (Wildman–Crippen MR) is 91.2 cm³/mol. The van der Waals surface area contributed by atoms with Gasteiger partial charge in [0.25, 0.3) is 0 Å². The summed E-state index contributed by atoms with van der Waals surface area (Å²) in [6, 6.07) is 14.5. The number of hydrogen-bond acceptors (Lipinski definition) is 5. The van der Waals surface area contributed by atoms with E-state index < -0.39 is 18.3 Å². The Morgan fingerprint density at radius 1 is 1.17 bits per heavy atom. The van der Waals surface area contributed by atoms with E-state index in [4.69, 9.17) is 10.5 Å². The topological polar surface area (TPSA) is 105 Å². The normalized spacial score (nSPS) is 13.1. The van der Waals surface area contributed by atoms with Crippen LogP contribution in [0, 0.1) is 6.92 Å². The molecule has 1 amide bonds. The lowest BCUT2D eigenvalue weighted by atomic mass is 9.97. The van der Waals surface area contributed by atoms with Gasteiger partial charge < -0.3 is 26.0 Å². The Bertz CT molecular complexity index is 656. The van der Waals surface area contributed by atoms with Crippen LogP contribution >= 0.6 is 0 Å². The first-order chi connectivity index (χ1) is 11.5. The van der Waals surface area contributed by atoms with Gasteiger partial charge in [-0.2, -0.15) is 0 Å². The Balaban J connectivity index is 1.83. The number of aliphatic hydroxyl groups is 2. The van der Waals surface area contributed by atoms with Crippen molar-refractivity contribution in [3.63, 3.8) is 0 Å². The third-order valence-electron chi connectivity index (χ3n) is 3.69. The lowest BCUT2D eigenvalue weighted by Gasteiger charge is -2.21. The Kier molecular flexibility index (Phi) is 6.17. The number of benzene rings is 2. The molecule has 5 N–H and O–H groups in total. The highest BCUT2D eigenvalue weighted by atomic mass is 16.5. The molecule has 2 aromatic rings. The number of nitrogens with one attached hydrogen (secondary N) is 1. The number of nitrogens with two attached hydrogens (primary N) is 1. The average molecular weight is 330 g/mol. The Hall–Kier alpha value is -2.57. The maximum absolute atomic E-state index is 11.7. The van der Waals surface area contributed by atoms with Crippen molar-refractivity contribution in [3.05, 3.63) is 65.2 Å². The monoisotopic (exact) mass is 330 g/mol. The van der Waals surface area contributed by atoms with E-state index in [1.807, 2.05) is 30.3 Å². The second kappa shape index (κ2) is 8.33. The van der Waals surface area contributed by atoms with Crippen molar-refractivity contribution in [2.45, 2.75) is 25.7 Å². The molecule has 0 aliphatic heterocycles. The molecule has 128 valence electrons. The van der Waals surface area contributed by atoms with Gasteiger partial charge in [-0.1, -0.05) is 42.5 Å². The number of aliphatic hydroxyl groups excluding tert-OH is 2. The molecule has 2 rings (SSSR count). The van der Waals surface area contributed by atoms with Crippen molar-refractivity contribution >= 4 is 11.8 Å². The van der Waals surface area contributed by atoms with Gasteiger partial charge in [-0.25, -0.2) is 4.79 Å². The van der Waals surface area contributed by atoms with Crippen LogP contribution in [-0.2, 0) is 11.3 Å². The fourth-order valence-corrected chi connectivity index (χ4v) is 2.37. The van der Waals surface area contributed by atoms with Gasteiger partial charge in [-0.3, -0.25) is 0 Å². The minimum absolute atomic E-state index is 0.135. The van der Waals surface area contributed by atoms with Crippen LogP contribution in [-0.4, -0.2) is 29.0 Å². The molecule has 2 unspecified atom stereocenters. The van der Waals surface area contributed by atoms with Gasteiger partial charge in [0.1, 0.15) is 18.8 Å². The lowest BCUT2D eigenvalue weighted by Crippen LogP contribution is -2.36. The van der Waals surface area contributed by atoms with Gasteiger partial charge in [-0.15, -0.1) is 0 Å². The third kappa shape index (κ3) is 4.71. The molecule has 0 bridgehead atoms. The number of anilines is 1. The molecule has 0 spiro atoms. The summed E-state index contributed by atoms with van der Waals surface area (Å²) in [4.78, 5) is 11.7. The smallest absolute Gasteiger partial charge is 0.407 e. The molecule has 6 nitrogen and oxygen atoms in total. The second-order valence-electron chi connectivity index (χ2n) is 5.53. The highest BCUT2D eigenvalue weighted by molar-refractivity contribution is 5.67. The maximum Gasteiger partial charge on any atom is 0.407 e. The van der Waals surface area contributed by atoms with Crippen molar-refractivity contribution in [3.8, 4) is 0 Å². The maximum atomic E-state index is 11.7. The molecule has 0 heterocycles. The number of carbonyl (C=O) groups is 1. The molecule has 2 atom stereocenters. The summed E-state index contributed by atoms with van der Waals surface area (Å²) in [5, 5.41) is 22.8. The van der Waals surface area contributed by atoms with E-state index in [1.165, 1.54) is 0 Å². The molecule has 6 heteroatoms. The molecule has 24 heavy (non-hydrogen) atoms. The lowest BCUT2D eigenvalue weighted by molar-refractivity contribution is 0.0185. The Labute approximate surface area is 140 Å². The first-order valence-corrected chi connectivity index (χ1v) is 7.64. The number of alkyl carbamates (subject to hydrolysis) is 1. The molecule has 0 aliphatic carbocycles. The van der Waals surface area contributed by atoms with Gasteiger partial charge in [0.05, 0.1) is 0 Å². The highest BCUT2D eigenvalue weighted by Crippen LogP contribution is 2.26. The van der Waals surface area contributed by atoms with Crippen LogP contribution in [0.4, 0.5) is 10.5 Å². The SMILES string of the molecule is Cc1cccc(N)c1C(O)C(O)CNC(=O)OCc1ccccc1. The molecular weight excluding hydrogens is 308 g/mol. The van der Waals surface area contributed by atoms with Gasteiger partial charge in [0, 0.05) is 17.8 Å². The van der Waals surface area contributed by atoms with Crippen molar-refractivity contribution in [1.29, 1.82) is 0 Å². The van der Waals surface area contributed by atoms with E-state index in [1.54, 1.807) is 25.1 Å². The first kappa shape index (κ1) is 17.8. The highest BCUT2D eigenvalue weighted by Gasteiger charge is 2.22. The summed E-state index contributed by atoms with van der Waals surface area (Å²) in [6.07, 6.45) is -3.05. The van der Waals surface area contributed by atoms with E-state index in [-0.39, 0.29) is 13.2 Å². The van der Waals surface area contributed by atoms with Crippen LogP contribution in [0.1, 0.15) is 22.8 Å². The molecule has 0 radical (unpaired) electrons. The molecule has 0 saturated heterocycles. The molecular formula is C18H22N2O4.